The summed E-state index contributed by atoms with van der Waals surface area (Å²) in [5, 5.41) is 0. The summed E-state index contributed by atoms with van der Waals surface area (Å²) in [6, 6.07) is 0. The van der Waals surface area contributed by atoms with E-state index >= 15 is 0 Å². The Labute approximate surface area is 121 Å². The second-order valence-electron chi connectivity index (χ2n) is 4.66. The van der Waals surface area contributed by atoms with Crippen molar-refractivity contribution >= 4 is 22.0 Å². The molecule has 0 aliphatic carbocycles. The second kappa shape index (κ2) is 10.9. The molecule has 0 unspecified atom stereocenters. The molecule has 0 rings (SSSR count). The average Bonchev–Trinajstić information content (AvgIpc) is 2.37. The third-order valence-corrected chi connectivity index (χ3v) is 3.63. The van der Waals surface area contributed by atoms with Crippen LogP contribution in [-0.4, -0.2) is 33.7 Å². The fraction of sp³-hybridized carbons (Fsp3) is 0.846. The highest BCUT2D eigenvalue weighted by atomic mass is 32.3. The molecule has 0 atom stereocenters. The number of carbonyl (C=O) groups excluding carboxylic acids is 2. The first-order valence-corrected chi connectivity index (χ1v) is 8.17. The lowest BCUT2D eigenvalue weighted by atomic mass is 10.1. The van der Waals surface area contributed by atoms with Gasteiger partial charge in [-0.05, 0) is 32.6 Å². The summed E-state index contributed by atoms with van der Waals surface area (Å²) in [6.45, 7) is 1.60. The molecule has 0 aromatic heterocycles. The van der Waals surface area contributed by atoms with Gasteiger partial charge in [-0.3, -0.25) is 8.98 Å². The van der Waals surface area contributed by atoms with Gasteiger partial charge in [0.25, 0.3) is 0 Å². The minimum atomic E-state index is -3.86. The quantitative estimate of drug-likeness (QED) is 0.485. The van der Waals surface area contributed by atoms with Crippen LogP contribution < -0.4 is 0 Å². The van der Waals surface area contributed by atoms with Crippen molar-refractivity contribution in [3.8, 4) is 0 Å². The van der Waals surface area contributed by atoms with Crippen LogP contribution in [0.3, 0.4) is 0 Å². The van der Waals surface area contributed by atoms with Gasteiger partial charge < -0.3 is 4.79 Å². The highest BCUT2D eigenvalue weighted by Gasteiger charge is 2.08. The van der Waals surface area contributed by atoms with Crippen molar-refractivity contribution in [1.82, 2.24) is 0 Å². The van der Waals surface area contributed by atoms with Gasteiger partial charge >= 0.3 is 10.4 Å². The van der Waals surface area contributed by atoms with E-state index in [4.69, 9.17) is 0 Å². The SMILES string of the molecule is COS(=O)(=O)OCCCCC(=O)CCCCCC(C)=O. The van der Waals surface area contributed by atoms with Gasteiger partial charge in [-0.1, -0.05) is 6.42 Å². The van der Waals surface area contributed by atoms with Crippen molar-refractivity contribution in [2.24, 2.45) is 0 Å². The summed E-state index contributed by atoms with van der Waals surface area (Å²) in [5.41, 5.74) is 0. The molecule has 0 N–H and O–H groups in total. The van der Waals surface area contributed by atoms with Crippen LogP contribution in [0.25, 0.3) is 0 Å². The third kappa shape index (κ3) is 12.3. The Hall–Kier alpha value is -0.790. The van der Waals surface area contributed by atoms with Gasteiger partial charge in [0.05, 0.1) is 13.7 Å². The Morgan fingerprint density at radius 2 is 1.45 bits per heavy atom. The first-order valence-electron chi connectivity index (χ1n) is 6.83. The molecule has 0 radical (unpaired) electrons. The Kier molecular flexibility index (Phi) is 10.5. The molecule has 6 nitrogen and oxygen atoms in total. The topological polar surface area (TPSA) is 86.7 Å². The van der Waals surface area contributed by atoms with Crippen LogP contribution in [0.5, 0.6) is 0 Å². The zero-order valence-electron chi connectivity index (χ0n) is 12.2. The monoisotopic (exact) mass is 308 g/mol. The Balaban J connectivity index is 3.43. The smallest absolute Gasteiger partial charge is 0.300 e. The number of hydrogen-bond donors (Lipinski definition) is 0. The van der Waals surface area contributed by atoms with Crippen LogP contribution in [0.4, 0.5) is 0 Å². The van der Waals surface area contributed by atoms with Crippen molar-refractivity contribution in [2.75, 3.05) is 13.7 Å². The maximum absolute atomic E-state index is 11.5. The van der Waals surface area contributed by atoms with Crippen LogP contribution in [0.15, 0.2) is 0 Å². The molecule has 0 aliphatic heterocycles. The summed E-state index contributed by atoms with van der Waals surface area (Å²) in [5.74, 6) is 0.352. The first kappa shape index (κ1) is 19.2. The number of hydrogen-bond acceptors (Lipinski definition) is 6. The molecule has 20 heavy (non-hydrogen) atoms. The highest BCUT2D eigenvalue weighted by molar-refractivity contribution is 7.81. The average molecular weight is 308 g/mol. The number of Topliss-reactive ketones (excluding diaryl/α,β-unsaturated/α-hetero) is 2. The van der Waals surface area contributed by atoms with Gasteiger partial charge in [0.1, 0.15) is 11.6 Å². The molecule has 0 aliphatic rings. The number of rotatable bonds is 13. The minimum Gasteiger partial charge on any atom is -0.300 e. The van der Waals surface area contributed by atoms with Crippen molar-refractivity contribution in [1.29, 1.82) is 0 Å². The number of unbranched alkanes of at least 4 members (excludes halogenated alkanes) is 3. The van der Waals surface area contributed by atoms with Gasteiger partial charge in [0.2, 0.25) is 0 Å². The van der Waals surface area contributed by atoms with E-state index in [0.29, 0.717) is 32.1 Å². The lowest BCUT2D eigenvalue weighted by Gasteiger charge is -2.03. The summed E-state index contributed by atoms with van der Waals surface area (Å²) in [7, 11) is -2.83. The maximum atomic E-state index is 11.5. The molecular weight excluding hydrogens is 284 g/mol. The van der Waals surface area contributed by atoms with E-state index in [1.807, 2.05) is 0 Å². The van der Waals surface area contributed by atoms with E-state index in [1.165, 1.54) is 0 Å². The second-order valence-corrected chi connectivity index (χ2v) is 6.04. The first-order chi connectivity index (χ1) is 9.37. The maximum Gasteiger partial charge on any atom is 0.399 e. The molecule has 0 aromatic carbocycles. The zero-order valence-corrected chi connectivity index (χ0v) is 13.0. The van der Waals surface area contributed by atoms with Crippen LogP contribution in [0.1, 0.15) is 58.3 Å². The Bertz CT molecular complexity index is 388. The van der Waals surface area contributed by atoms with Crippen LogP contribution in [0, 0.1) is 0 Å². The van der Waals surface area contributed by atoms with Crippen molar-refractivity contribution in [2.45, 2.75) is 58.3 Å². The number of ketones is 2. The molecule has 7 heteroatoms. The van der Waals surface area contributed by atoms with Crippen LogP contribution in [0.2, 0.25) is 0 Å². The van der Waals surface area contributed by atoms with Gasteiger partial charge in [0, 0.05) is 19.3 Å². The summed E-state index contributed by atoms with van der Waals surface area (Å²) < 4.78 is 30.2. The van der Waals surface area contributed by atoms with E-state index in [2.05, 4.69) is 8.37 Å². The number of carbonyl (C=O) groups is 2. The van der Waals surface area contributed by atoms with Gasteiger partial charge in [-0.15, -0.1) is 0 Å². The Morgan fingerprint density at radius 3 is 2.00 bits per heavy atom. The molecule has 118 valence electrons. The van der Waals surface area contributed by atoms with Crippen LogP contribution in [-0.2, 0) is 28.4 Å². The van der Waals surface area contributed by atoms with E-state index in [-0.39, 0.29) is 18.2 Å². The summed E-state index contributed by atoms with van der Waals surface area (Å²) >= 11 is 0. The minimum absolute atomic E-state index is 0.0298. The van der Waals surface area contributed by atoms with Gasteiger partial charge in [-0.2, -0.15) is 8.42 Å². The van der Waals surface area contributed by atoms with E-state index in [1.54, 1.807) is 6.92 Å². The fourth-order valence-corrected chi connectivity index (χ4v) is 2.05. The molecule has 0 bridgehead atoms. The summed E-state index contributed by atoms with van der Waals surface area (Å²) in [6.07, 6.45) is 5.18. The third-order valence-electron chi connectivity index (χ3n) is 2.77. The van der Waals surface area contributed by atoms with Crippen molar-refractivity contribution in [3.05, 3.63) is 0 Å². The fourth-order valence-electron chi connectivity index (χ4n) is 1.63. The lowest BCUT2D eigenvalue weighted by Crippen LogP contribution is -2.08. The standard InChI is InChI=1S/C13H24O6S/c1-12(14)8-4-3-5-9-13(15)10-6-7-11-19-20(16,17)18-2/h3-11H2,1-2H3. The highest BCUT2D eigenvalue weighted by Crippen LogP contribution is 2.08. The zero-order chi connectivity index (χ0) is 15.4. The molecule has 0 saturated carbocycles. The van der Waals surface area contributed by atoms with E-state index in [0.717, 1.165) is 26.4 Å². The molecule has 0 fully saturated rings. The van der Waals surface area contributed by atoms with Gasteiger partial charge in [-0.25, -0.2) is 4.18 Å². The lowest BCUT2D eigenvalue weighted by molar-refractivity contribution is -0.119. The molecule has 0 amide bonds. The van der Waals surface area contributed by atoms with Gasteiger partial charge in [0.15, 0.2) is 0 Å². The predicted molar refractivity (Wildman–Crippen MR) is 74.5 cm³/mol. The van der Waals surface area contributed by atoms with Crippen molar-refractivity contribution in [3.63, 3.8) is 0 Å². The van der Waals surface area contributed by atoms with E-state index < -0.39 is 10.4 Å². The molecular formula is C13H24O6S. The molecule has 0 spiro atoms. The molecule has 0 aromatic rings. The predicted octanol–water partition coefficient (Wildman–Crippen LogP) is 2.17. The summed E-state index contributed by atoms with van der Waals surface area (Å²) in [4.78, 5) is 22.2. The van der Waals surface area contributed by atoms with E-state index in [9.17, 15) is 18.0 Å². The normalized spacial score (nSPS) is 11.5. The Morgan fingerprint density at radius 1 is 0.900 bits per heavy atom. The van der Waals surface area contributed by atoms with Crippen LogP contribution >= 0.6 is 0 Å². The largest absolute Gasteiger partial charge is 0.399 e. The molecule has 0 saturated heterocycles. The van der Waals surface area contributed by atoms with Crippen molar-refractivity contribution < 1.29 is 26.4 Å². The molecule has 0 heterocycles.